The van der Waals surface area contributed by atoms with Crippen molar-refractivity contribution in [2.75, 3.05) is 13.1 Å². The molecule has 1 aliphatic rings. The van der Waals surface area contributed by atoms with Crippen molar-refractivity contribution in [2.45, 2.75) is 23.0 Å². The third-order valence-corrected chi connectivity index (χ3v) is 7.64. The number of hydrogen-bond acceptors (Lipinski definition) is 4. The van der Waals surface area contributed by atoms with Gasteiger partial charge >= 0.3 is 6.18 Å². The second kappa shape index (κ2) is 8.51. The zero-order chi connectivity index (χ0) is 24.8. The van der Waals surface area contributed by atoms with E-state index in [0.29, 0.717) is 5.56 Å². The van der Waals surface area contributed by atoms with Crippen molar-refractivity contribution in [3.63, 3.8) is 0 Å². The van der Waals surface area contributed by atoms with Crippen LogP contribution in [0, 0.1) is 5.82 Å². The maximum Gasteiger partial charge on any atom is 0.416 e. The predicted octanol–water partition coefficient (Wildman–Crippen LogP) is 3.25. The van der Waals surface area contributed by atoms with Gasteiger partial charge in [0.1, 0.15) is 5.82 Å². The van der Waals surface area contributed by atoms with E-state index in [0.717, 1.165) is 28.6 Å². The Morgan fingerprint density at radius 2 is 1.74 bits per heavy atom. The molecule has 2 aromatic carbocycles. The number of imidazole rings is 1. The maximum atomic E-state index is 14.0. The van der Waals surface area contributed by atoms with Crippen LogP contribution in [0.25, 0.3) is 0 Å². The summed E-state index contributed by atoms with van der Waals surface area (Å²) in [5.74, 6) is -3.50. The summed E-state index contributed by atoms with van der Waals surface area (Å²) in [7, 11) is -2.58. The van der Waals surface area contributed by atoms with Crippen LogP contribution in [0.2, 0.25) is 0 Å². The van der Waals surface area contributed by atoms with Crippen LogP contribution in [-0.2, 0) is 23.2 Å². The molecule has 1 amide bonds. The quantitative estimate of drug-likeness (QED) is 0.549. The summed E-state index contributed by atoms with van der Waals surface area (Å²) in [6, 6.07) is 8.18. The lowest BCUT2D eigenvalue weighted by Crippen LogP contribution is -2.29. The lowest BCUT2D eigenvalue weighted by molar-refractivity contribution is -0.138. The van der Waals surface area contributed by atoms with Crippen molar-refractivity contribution in [1.82, 2.24) is 13.9 Å². The van der Waals surface area contributed by atoms with Crippen LogP contribution >= 0.6 is 0 Å². The van der Waals surface area contributed by atoms with E-state index in [-0.39, 0.29) is 29.2 Å². The summed E-state index contributed by atoms with van der Waals surface area (Å²) in [4.78, 5) is 16.0. The molecule has 0 bridgehead atoms. The average molecular weight is 496 g/mol. The molecular weight excluding hydrogens is 476 g/mol. The minimum atomic E-state index is -4.82. The van der Waals surface area contributed by atoms with Crippen molar-refractivity contribution in [3.8, 4) is 0 Å². The van der Waals surface area contributed by atoms with E-state index >= 15 is 0 Å². The number of carbonyl (C=O) groups excluding carboxylic acids is 1. The minimum absolute atomic E-state index is 0.195. The van der Waals surface area contributed by atoms with Gasteiger partial charge in [-0.05, 0) is 35.4 Å². The highest BCUT2D eigenvalue weighted by Gasteiger charge is 2.46. The number of sulfonamides is 1. The van der Waals surface area contributed by atoms with Gasteiger partial charge in [-0.15, -0.1) is 0 Å². The summed E-state index contributed by atoms with van der Waals surface area (Å²) in [5.41, 5.74) is 4.05. The molecule has 3 aromatic rings. The van der Waals surface area contributed by atoms with Gasteiger partial charge in [-0.3, -0.25) is 4.79 Å². The van der Waals surface area contributed by atoms with Crippen LogP contribution in [0.3, 0.4) is 0 Å². The van der Waals surface area contributed by atoms with Crippen LogP contribution in [0.4, 0.5) is 17.6 Å². The molecule has 1 fully saturated rings. The van der Waals surface area contributed by atoms with Gasteiger partial charge in [-0.25, -0.2) is 17.8 Å². The Balaban J connectivity index is 1.89. The number of benzene rings is 2. The molecule has 1 aliphatic heterocycles. The van der Waals surface area contributed by atoms with E-state index in [9.17, 15) is 30.8 Å². The normalized spacial score (nSPS) is 19.4. The Bertz CT molecular complexity index is 1340. The lowest BCUT2D eigenvalue weighted by atomic mass is 9.79. The molecule has 0 aliphatic carbocycles. The summed E-state index contributed by atoms with van der Waals surface area (Å²) in [5, 5.41) is -0.257. The number of alkyl halides is 3. The number of nitrogens with zero attached hydrogens (tertiary/aromatic N) is 3. The number of aromatic nitrogens is 2. The van der Waals surface area contributed by atoms with Crippen LogP contribution in [0.5, 0.6) is 0 Å². The van der Waals surface area contributed by atoms with E-state index in [2.05, 4.69) is 4.98 Å². The molecule has 0 radical (unpaired) electrons. The molecule has 2 N–H and O–H groups in total. The Kier molecular flexibility index (Phi) is 5.98. The summed E-state index contributed by atoms with van der Waals surface area (Å²) in [6.07, 6.45) is -2.24. The van der Waals surface area contributed by atoms with E-state index in [1.807, 2.05) is 0 Å². The molecule has 12 heteroatoms. The van der Waals surface area contributed by atoms with Crippen LogP contribution in [0.15, 0.2) is 60.0 Å². The third-order valence-electron chi connectivity index (χ3n) is 5.92. The van der Waals surface area contributed by atoms with Gasteiger partial charge in [0.15, 0.2) is 5.03 Å². The van der Waals surface area contributed by atoms with Crippen molar-refractivity contribution in [1.29, 1.82) is 0 Å². The largest absolute Gasteiger partial charge is 0.416 e. The number of carbonyl (C=O) groups is 1. The van der Waals surface area contributed by atoms with Crippen molar-refractivity contribution in [3.05, 3.63) is 83.1 Å². The number of aryl methyl sites for hydroxylation is 1. The zero-order valence-corrected chi connectivity index (χ0v) is 18.6. The Morgan fingerprint density at radius 1 is 1.09 bits per heavy atom. The lowest BCUT2D eigenvalue weighted by Gasteiger charge is -2.25. The molecule has 2 heterocycles. The van der Waals surface area contributed by atoms with Crippen LogP contribution < -0.4 is 5.73 Å². The first kappa shape index (κ1) is 23.9. The van der Waals surface area contributed by atoms with Crippen molar-refractivity contribution < 1.29 is 30.8 Å². The monoisotopic (exact) mass is 496 g/mol. The van der Waals surface area contributed by atoms with E-state index < -0.39 is 45.3 Å². The SMILES string of the molecule is Cn1cnc(S(=O)(=O)N2CC(c3ccc(F)cc3)C(c3c(C(N)=O)cccc3C(F)(F)F)C2)c1. The number of amides is 1. The fraction of sp³-hybridized carbons (Fsp3) is 0.273. The summed E-state index contributed by atoms with van der Waals surface area (Å²) < 4.78 is 84.4. The highest BCUT2D eigenvalue weighted by molar-refractivity contribution is 7.89. The first-order valence-electron chi connectivity index (χ1n) is 10.1. The van der Waals surface area contributed by atoms with Gasteiger partial charge in [0.25, 0.3) is 10.0 Å². The van der Waals surface area contributed by atoms with Gasteiger partial charge in [0.05, 0.1) is 11.9 Å². The van der Waals surface area contributed by atoms with Crippen LogP contribution in [-0.4, -0.2) is 41.3 Å². The zero-order valence-electron chi connectivity index (χ0n) is 17.8. The third kappa shape index (κ3) is 4.30. The molecule has 0 spiro atoms. The second-order valence-corrected chi connectivity index (χ2v) is 9.98. The van der Waals surface area contributed by atoms with Crippen molar-refractivity contribution in [2.24, 2.45) is 12.8 Å². The maximum absolute atomic E-state index is 14.0. The number of nitrogens with two attached hydrogens (primary N) is 1. The predicted molar refractivity (Wildman–Crippen MR) is 114 cm³/mol. The molecule has 4 rings (SSSR count). The first-order valence-corrected chi connectivity index (χ1v) is 11.6. The van der Waals surface area contributed by atoms with Gasteiger partial charge in [-0.2, -0.15) is 17.5 Å². The molecule has 2 unspecified atom stereocenters. The van der Waals surface area contributed by atoms with Crippen molar-refractivity contribution >= 4 is 15.9 Å². The molecule has 7 nitrogen and oxygen atoms in total. The molecule has 180 valence electrons. The smallest absolute Gasteiger partial charge is 0.366 e. The van der Waals surface area contributed by atoms with Crippen LogP contribution in [0.1, 0.15) is 38.9 Å². The minimum Gasteiger partial charge on any atom is -0.366 e. The number of halogens is 4. The highest BCUT2D eigenvalue weighted by Crippen LogP contribution is 2.47. The number of hydrogen-bond donors (Lipinski definition) is 1. The van der Waals surface area contributed by atoms with Gasteiger partial charge in [0, 0.05) is 43.7 Å². The average Bonchev–Trinajstić information content (AvgIpc) is 3.40. The molecule has 2 atom stereocenters. The molecule has 1 saturated heterocycles. The standard InChI is InChI=1S/C22H20F4N4O3S/c1-29-11-19(28-12-29)34(32,33)30-9-16(13-5-7-14(23)8-6-13)17(10-30)20-15(21(27)31)3-2-4-18(20)22(24,25)26/h2-8,11-12,16-17H,9-10H2,1H3,(H2,27,31). The number of rotatable bonds is 5. The summed E-state index contributed by atoms with van der Waals surface area (Å²) >= 11 is 0. The van der Waals surface area contributed by atoms with E-state index in [1.165, 1.54) is 35.3 Å². The second-order valence-electron chi connectivity index (χ2n) is 8.09. The van der Waals surface area contributed by atoms with Gasteiger partial charge in [0.2, 0.25) is 5.91 Å². The Labute approximate surface area is 192 Å². The Morgan fingerprint density at radius 3 is 2.29 bits per heavy atom. The Hall–Kier alpha value is -3.25. The molecule has 0 saturated carbocycles. The first-order chi connectivity index (χ1) is 15.9. The molecule has 34 heavy (non-hydrogen) atoms. The topological polar surface area (TPSA) is 98.3 Å². The van der Waals surface area contributed by atoms with E-state index in [4.69, 9.17) is 5.73 Å². The fourth-order valence-electron chi connectivity index (χ4n) is 4.39. The van der Waals surface area contributed by atoms with Gasteiger partial charge < -0.3 is 10.3 Å². The highest BCUT2D eigenvalue weighted by atomic mass is 32.2. The molecule has 1 aromatic heterocycles. The molecular formula is C22H20F4N4O3S. The van der Waals surface area contributed by atoms with E-state index in [1.54, 1.807) is 7.05 Å². The van der Waals surface area contributed by atoms with Gasteiger partial charge in [-0.1, -0.05) is 18.2 Å². The summed E-state index contributed by atoms with van der Waals surface area (Å²) in [6.45, 7) is -0.548. The number of primary amides is 1. The fourth-order valence-corrected chi connectivity index (χ4v) is 5.84.